The van der Waals surface area contributed by atoms with Gasteiger partial charge in [0.25, 0.3) is 0 Å². The van der Waals surface area contributed by atoms with E-state index in [2.05, 4.69) is 12.2 Å². The molecule has 1 aromatic carbocycles. The normalized spacial score (nSPS) is 10.6. The fourth-order valence-corrected chi connectivity index (χ4v) is 2.50. The van der Waals surface area contributed by atoms with Crippen molar-refractivity contribution in [2.45, 2.75) is 71.6 Å². The standard InChI is InChI=1S/C18H30N2O2/c1-3-5-6-7-8-9-11-14-12-13-15(18(22)17(14)19)20-16(21)10-4-2/h12-13,22H,3-11,19H2,1-2H3,(H,20,21). The third-order valence-corrected chi connectivity index (χ3v) is 3.86. The van der Waals surface area contributed by atoms with Crippen molar-refractivity contribution in [1.29, 1.82) is 0 Å². The summed E-state index contributed by atoms with van der Waals surface area (Å²) in [6.45, 7) is 4.15. The predicted molar refractivity (Wildman–Crippen MR) is 93.1 cm³/mol. The Morgan fingerprint density at radius 3 is 2.45 bits per heavy atom. The first kappa shape index (κ1) is 18.3. The zero-order valence-electron chi connectivity index (χ0n) is 14.0. The lowest BCUT2D eigenvalue weighted by Crippen LogP contribution is -2.11. The van der Waals surface area contributed by atoms with E-state index in [1.165, 1.54) is 32.1 Å². The van der Waals surface area contributed by atoms with Gasteiger partial charge in [0.05, 0.1) is 11.4 Å². The SMILES string of the molecule is CCCCCCCCc1ccc(NC(=O)CCC)c(O)c1N. The van der Waals surface area contributed by atoms with Gasteiger partial charge in [0.1, 0.15) is 0 Å². The maximum atomic E-state index is 11.6. The Hall–Kier alpha value is -1.71. The average molecular weight is 306 g/mol. The number of aromatic hydroxyl groups is 1. The van der Waals surface area contributed by atoms with Crippen LogP contribution in [0.5, 0.6) is 5.75 Å². The molecule has 0 spiro atoms. The molecule has 0 atom stereocenters. The highest BCUT2D eigenvalue weighted by Crippen LogP contribution is 2.33. The molecule has 0 saturated carbocycles. The monoisotopic (exact) mass is 306 g/mol. The third-order valence-electron chi connectivity index (χ3n) is 3.86. The van der Waals surface area contributed by atoms with Gasteiger partial charge in [-0.15, -0.1) is 0 Å². The van der Waals surface area contributed by atoms with E-state index < -0.39 is 0 Å². The Balaban J connectivity index is 2.53. The lowest BCUT2D eigenvalue weighted by atomic mass is 10.0. The zero-order valence-corrected chi connectivity index (χ0v) is 14.0. The number of rotatable bonds is 10. The minimum absolute atomic E-state index is 0.00654. The topological polar surface area (TPSA) is 75.3 Å². The molecule has 0 unspecified atom stereocenters. The molecule has 1 amide bonds. The Morgan fingerprint density at radius 2 is 1.77 bits per heavy atom. The van der Waals surface area contributed by atoms with Crippen LogP contribution in [0.15, 0.2) is 12.1 Å². The summed E-state index contributed by atoms with van der Waals surface area (Å²) in [6.07, 6.45) is 9.46. The first-order chi connectivity index (χ1) is 10.6. The van der Waals surface area contributed by atoms with E-state index in [0.717, 1.165) is 24.8 Å². The van der Waals surface area contributed by atoms with E-state index in [4.69, 9.17) is 5.73 Å². The second-order valence-corrected chi connectivity index (χ2v) is 5.85. The Morgan fingerprint density at radius 1 is 1.09 bits per heavy atom. The number of nitrogens with one attached hydrogen (secondary N) is 1. The molecule has 0 bridgehead atoms. The van der Waals surface area contributed by atoms with E-state index in [1.54, 1.807) is 6.07 Å². The molecule has 0 radical (unpaired) electrons. The maximum Gasteiger partial charge on any atom is 0.224 e. The van der Waals surface area contributed by atoms with Gasteiger partial charge < -0.3 is 16.2 Å². The van der Waals surface area contributed by atoms with Crippen LogP contribution in [-0.2, 0) is 11.2 Å². The van der Waals surface area contributed by atoms with Gasteiger partial charge in [-0.05, 0) is 30.9 Å². The van der Waals surface area contributed by atoms with Crippen molar-refractivity contribution >= 4 is 17.3 Å². The highest BCUT2D eigenvalue weighted by atomic mass is 16.3. The molecule has 0 aliphatic carbocycles. The molecule has 124 valence electrons. The highest BCUT2D eigenvalue weighted by molar-refractivity contribution is 5.93. The summed E-state index contributed by atoms with van der Waals surface area (Å²) >= 11 is 0. The summed E-state index contributed by atoms with van der Waals surface area (Å²) < 4.78 is 0. The van der Waals surface area contributed by atoms with Crippen LogP contribution in [0.1, 0.15) is 70.8 Å². The van der Waals surface area contributed by atoms with E-state index in [1.807, 2.05) is 13.0 Å². The van der Waals surface area contributed by atoms with Crippen LogP contribution in [0.4, 0.5) is 11.4 Å². The first-order valence-corrected chi connectivity index (χ1v) is 8.50. The number of amides is 1. The molecule has 0 aliphatic rings. The third kappa shape index (κ3) is 5.96. The highest BCUT2D eigenvalue weighted by Gasteiger charge is 2.11. The second kappa shape index (κ2) is 10.1. The number of nitrogen functional groups attached to an aromatic ring is 1. The number of carbonyl (C=O) groups is 1. The van der Waals surface area contributed by atoms with Crippen molar-refractivity contribution in [2.75, 3.05) is 11.1 Å². The number of unbranched alkanes of at least 4 members (excludes halogenated alkanes) is 5. The molecular formula is C18H30N2O2. The van der Waals surface area contributed by atoms with Gasteiger partial charge in [-0.3, -0.25) is 4.79 Å². The van der Waals surface area contributed by atoms with Crippen molar-refractivity contribution in [3.05, 3.63) is 17.7 Å². The zero-order chi connectivity index (χ0) is 16.4. The van der Waals surface area contributed by atoms with Crippen LogP contribution >= 0.6 is 0 Å². The van der Waals surface area contributed by atoms with Crippen LogP contribution in [0.3, 0.4) is 0 Å². The van der Waals surface area contributed by atoms with E-state index >= 15 is 0 Å². The van der Waals surface area contributed by atoms with Gasteiger partial charge in [-0.1, -0.05) is 52.0 Å². The van der Waals surface area contributed by atoms with Crippen molar-refractivity contribution in [2.24, 2.45) is 0 Å². The number of hydrogen-bond donors (Lipinski definition) is 3. The van der Waals surface area contributed by atoms with Crippen molar-refractivity contribution < 1.29 is 9.90 Å². The van der Waals surface area contributed by atoms with Gasteiger partial charge >= 0.3 is 0 Å². The Labute approximate surface area is 134 Å². The molecule has 1 aromatic rings. The van der Waals surface area contributed by atoms with Gasteiger partial charge in [0, 0.05) is 6.42 Å². The number of carbonyl (C=O) groups excluding carboxylic acids is 1. The fourth-order valence-electron chi connectivity index (χ4n) is 2.50. The van der Waals surface area contributed by atoms with E-state index in [9.17, 15) is 9.90 Å². The van der Waals surface area contributed by atoms with Crippen LogP contribution < -0.4 is 11.1 Å². The molecule has 1 rings (SSSR count). The largest absolute Gasteiger partial charge is 0.504 e. The summed E-state index contributed by atoms with van der Waals surface area (Å²) in [4.78, 5) is 11.6. The summed E-state index contributed by atoms with van der Waals surface area (Å²) in [7, 11) is 0. The lowest BCUT2D eigenvalue weighted by molar-refractivity contribution is -0.116. The number of benzene rings is 1. The molecule has 0 aliphatic heterocycles. The molecule has 4 N–H and O–H groups in total. The molecule has 4 nitrogen and oxygen atoms in total. The molecular weight excluding hydrogens is 276 g/mol. The van der Waals surface area contributed by atoms with E-state index in [0.29, 0.717) is 17.8 Å². The van der Waals surface area contributed by atoms with Gasteiger partial charge in [-0.25, -0.2) is 0 Å². The Bertz CT molecular complexity index is 472. The number of hydrogen-bond acceptors (Lipinski definition) is 3. The van der Waals surface area contributed by atoms with Crippen LogP contribution in [-0.4, -0.2) is 11.0 Å². The van der Waals surface area contributed by atoms with Crippen molar-refractivity contribution in [3.63, 3.8) is 0 Å². The number of nitrogens with two attached hydrogens (primary N) is 1. The average Bonchev–Trinajstić information content (AvgIpc) is 2.50. The van der Waals surface area contributed by atoms with Crippen molar-refractivity contribution in [1.82, 2.24) is 0 Å². The number of anilines is 2. The number of phenolic OH excluding ortho intramolecular Hbond substituents is 1. The smallest absolute Gasteiger partial charge is 0.224 e. The van der Waals surface area contributed by atoms with Crippen LogP contribution in [0.2, 0.25) is 0 Å². The molecule has 22 heavy (non-hydrogen) atoms. The summed E-state index contributed by atoms with van der Waals surface area (Å²) in [5.41, 5.74) is 7.75. The molecule has 0 aromatic heterocycles. The van der Waals surface area contributed by atoms with Gasteiger partial charge in [0.2, 0.25) is 5.91 Å². The van der Waals surface area contributed by atoms with E-state index in [-0.39, 0.29) is 11.7 Å². The minimum atomic E-state index is -0.0964. The van der Waals surface area contributed by atoms with Crippen molar-refractivity contribution in [3.8, 4) is 5.75 Å². The van der Waals surface area contributed by atoms with Gasteiger partial charge in [0.15, 0.2) is 5.75 Å². The Kier molecular flexibility index (Phi) is 8.41. The fraction of sp³-hybridized carbons (Fsp3) is 0.611. The number of phenols is 1. The summed E-state index contributed by atoms with van der Waals surface area (Å²) in [5, 5.41) is 12.8. The predicted octanol–water partition coefficient (Wildman–Crippen LogP) is 4.62. The summed E-state index contributed by atoms with van der Waals surface area (Å²) in [5.74, 6) is -0.103. The maximum absolute atomic E-state index is 11.6. The molecule has 0 fully saturated rings. The molecule has 0 heterocycles. The number of aryl methyl sites for hydroxylation is 1. The van der Waals surface area contributed by atoms with Crippen LogP contribution in [0, 0.1) is 0 Å². The second-order valence-electron chi connectivity index (χ2n) is 5.85. The lowest BCUT2D eigenvalue weighted by Gasteiger charge is -2.12. The minimum Gasteiger partial charge on any atom is -0.504 e. The first-order valence-electron chi connectivity index (χ1n) is 8.50. The van der Waals surface area contributed by atoms with Gasteiger partial charge in [-0.2, -0.15) is 0 Å². The quantitative estimate of drug-likeness (QED) is 0.335. The van der Waals surface area contributed by atoms with Crippen LogP contribution in [0.25, 0.3) is 0 Å². The molecule has 0 saturated heterocycles. The summed E-state index contributed by atoms with van der Waals surface area (Å²) in [6, 6.07) is 3.65. The molecule has 4 heteroatoms.